The summed E-state index contributed by atoms with van der Waals surface area (Å²) in [6.45, 7) is 1.79. The van der Waals surface area contributed by atoms with Crippen LogP contribution in [-0.2, 0) is 6.42 Å². The van der Waals surface area contributed by atoms with E-state index in [-0.39, 0.29) is 0 Å². The van der Waals surface area contributed by atoms with Crippen LogP contribution in [0.3, 0.4) is 0 Å². The Hall–Kier alpha value is -0.940. The lowest BCUT2D eigenvalue weighted by Gasteiger charge is -2.29. The highest BCUT2D eigenvalue weighted by Gasteiger charge is 2.25. The van der Waals surface area contributed by atoms with Gasteiger partial charge in [0.2, 0.25) is 5.89 Å². The lowest BCUT2D eigenvalue weighted by Crippen LogP contribution is -2.29. The Bertz CT molecular complexity index is 326. The Morgan fingerprint density at radius 3 is 3.12 bits per heavy atom. The molecule has 1 saturated heterocycles. The predicted octanol–water partition coefficient (Wildman–Crippen LogP) is 1.12. The first-order valence-corrected chi connectivity index (χ1v) is 6.04. The number of nitrogens with zero attached hydrogens (tertiary/aromatic N) is 3. The van der Waals surface area contributed by atoms with Gasteiger partial charge in [0.05, 0.1) is 6.04 Å². The fourth-order valence-electron chi connectivity index (χ4n) is 2.15. The monoisotopic (exact) mass is 224 g/mol. The number of nitrogens with two attached hydrogens (primary N) is 1. The van der Waals surface area contributed by atoms with Crippen molar-refractivity contribution in [2.24, 2.45) is 5.73 Å². The van der Waals surface area contributed by atoms with Crippen molar-refractivity contribution in [3.05, 3.63) is 11.7 Å². The van der Waals surface area contributed by atoms with Crippen molar-refractivity contribution in [3.8, 4) is 0 Å². The number of piperidine rings is 1. The molecule has 5 nitrogen and oxygen atoms in total. The van der Waals surface area contributed by atoms with Crippen LogP contribution in [0.1, 0.15) is 43.4 Å². The van der Waals surface area contributed by atoms with Crippen LogP contribution in [0.4, 0.5) is 0 Å². The third kappa shape index (κ3) is 2.59. The highest BCUT2D eigenvalue weighted by molar-refractivity contribution is 4.95. The van der Waals surface area contributed by atoms with Gasteiger partial charge in [-0.3, -0.25) is 4.90 Å². The number of hydrogen-bond donors (Lipinski definition) is 1. The first kappa shape index (κ1) is 11.5. The van der Waals surface area contributed by atoms with E-state index in [1.54, 1.807) is 0 Å². The molecule has 1 aromatic heterocycles. The van der Waals surface area contributed by atoms with Crippen LogP contribution in [0.15, 0.2) is 4.52 Å². The highest BCUT2D eigenvalue weighted by Crippen LogP contribution is 2.28. The van der Waals surface area contributed by atoms with Gasteiger partial charge in [0.15, 0.2) is 5.82 Å². The van der Waals surface area contributed by atoms with Gasteiger partial charge < -0.3 is 10.3 Å². The van der Waals surface area contributed by atoms with Crippen molar-refractivity contribution in [1.82, 2.24) is 15.0 Å². The molecule has 2 rings (SSSR count). The van der Waals surface area contributed by atoms with Crippen LogP contribution in [-0.4, -0.2) is 35.2 Å². The Morgan fingerprint density at radius 1 is 1.50 bits per heavy atom. The van der Waals surface area contributed by atoms with Gasteiger partial charge in [-0.15, -0.1) is 0 Å². The van der Waals surface area contributed by atoms with E-state index in [9.17, 15) is 0 Å². The van der Waals surface area contributed by atoms with E-state index in [2.05, 4.69) is 22.1 Å². The third-order valence-corrected chi connectivity index (χ3v) is 3.14. The van der Waals surface area contributed by atoms with Crippen LogP contribution in [0.5, 0.6) is 0 Å². The summed E-state index contributed by atoms with van der Waals surface area (Å²) in [6, 6.07) is 0.313. The Balaban J connectivity index is 1.99. The number of rotatable bonds is 4. The molecule has 0 saturated carbocycles. The molecule has 5 heteroatoms. The summed E-state index contributed by atoms with van der Waals surface area (Å²) >= 11 is 0. The molecule has 1 aromatic rings. The second-order valence-electron chi connectivity index (χ2n) is 4.43. The summed E-state index contributed by atoms with van der Waals surface area (Å²) in [6.07, 6.45) is 5.36. The lowest BCUT2D eigenvalue weighted by molar-refractivity contribution is 0.150. The maximum Gasteiger partial charge on any atom is 0.243 e. The van der Waals surface area contributed by atoms with Crippen LogP contribution in [0.2, 0.25) is 0 Å². The average Bonchev–Trinajstić information content (AvgIpc) is 2.75. The first-order valence-electron chi connectivity index (χ1n) is 6.04. The smallest absolute Gasteiger partial charge is 0.243 e. The minimum absolute atomic E-state index is 0.313. The summed E-state index contributed by atoms with van der Waals surface area (Å²) in [5.41, 5.74) is 5.45. The maximum absolute atomic E-state index is 5.45. The van der Waals surface area contributed by atoms with Crippen LogP contribution < -0.4 is 5.73 Å². The van der Waals surface area contributed by atoms with E-state index in [1.165, 1.54) is 12.8 Å². The van der Waals surface area contributed by atoms with Gasteiger partial charge in [-0.1, -0.05) is 11.6 Å². The van der Waals surface area contributed by atoms with Gasteiger partial charge in [-0.2, -0.15) is 4.98 Å². The van der Waals surface area contributed by atoms with Crippen molar-refractivity contribution >= 4 is 0 Å². The fraction of sp³-hybridized carbons (Fsp3) is 0.818. The minimum atomic E-state index is 0.313. The molecule has 1 aliphatic heterocycles. The van der Waals surface area contributed by atoms with E-state index >= 15 is 0 Å². The molecule has 0 bridgehead atoms. The second kappa shape index (κ2) is 5.41. The quantitative estimate of drug-likeness (QED) is 0.830. The SMILES string of the molecule is CN1CCCC[C@H]1c1nc(CCCN)no1. The number of aromatic nitrogens is 2. The molecule has 0 spiro atoms. The molecule has 2 heterocycles. The van der Waals surface area contributed by atoms with Gasteiger partial charge in [0.25, 0.3) is 0 Å². The molecular formula is C11H20N4O. The Morgan fingerprint density at radius 2 is 2.38 bits per heavy atom. The molecule has 1 aliphatic rings. The topological polar surface area (TPSA) is 68.2 Å². The van der Waals surface area contributed by atoms with Crippen molar-refractivity contribution in [3.63, 3.8) is 0 Å². The molecule has 2 N–H and O–H groups in total. The second-order valence-corrected chi connectivity index (χ2v) is 4.43. The normalized spacial score (nSPS) is 22.5. The fourth-order valence-corrected chi connectivity index (χ4v) is 2.15. The van der Waals surface area contributed by atoms with Gasteiger partial charge in [0, 0.05) is 6.42 Å². The minimum Gasteiger partial charge on any atom is -0.338 e. The van der Waals surface area contributed by atoms with Gasteiger partial charge in [0.1, 0.15) is 0 Å². The summed E-state index contributed by atoms with van der Waals surface area (Å²) in [5.74, 6) is 1.56. The number of aryl methyl sites for hydroxylation is 1. The zero-order valence-electron chi connectivity index (χ0n) is 9.85. The predicted molar refractivity (Wildman–Crippen MR) is 60.9 cm³/mol. The van der Waals surface area contributed by atoms with Crippen LogP contribution >= 0.6 is 0 Å². The van der Waals surface area contributed by atoms with Crippen LogP contribution in [0.25, 0.3) is 0 Å². The summed E-state index contributed by atoms with van der Waals surface area (Å²) in [7, 11) is 2.12. The van der Waals surface area contributed by atoms with Gasteiger partial charge in [-0.25, -0.2) is 0 Å². The summed E-state index contributed by atoms with van der Waals surface area (Å²) in [4.78, 5) is 6.74. The van der Waals surface area contributed by atoms with E-state index < -0.39 is 0 Å². The van der Waals surface area contributed by atoms with Gasteiger partial charge >= 0.3 is 0 Å². The number of hydrogen-bond acceptors (Lipinski definition) is 5. The van der Waals surface area contributed by atoms with E-state index in [0.29, 0.717) is 12.6 Å². The number of likely N-dealkylation sites (tertiary alicyclic amines) is 1. The molecule has 0 aromatic carbocycles. The lowest BCUT2D eigenvalue weighted by atomic mass is 10.0. The van der Waals surface area contributed by atoms with Crippen molar-refractivity contribution in [1.29, 1.82) is 0 Å². The summed E-state index contributed by atoms with van der Waals surface area (Å²) in [5, 5.41) is 4.00. The van der Waals surface area contributed by atoms with Crippen molar-refractivity contribution < 1.29 is 4.52 Å². The average molecular weight is 224 g/mol. The molecule has 1 atom stereocenters. The Labute approximate surface area is 96.0 Å². The van der Waals surface area contributed by atoms with E-state index in [4.69, 9.17) is 10.3 Å². The maximum atomic E-state index is 5.45. The molecule has 1 fully saturated rings. The van der Waals surface area contributed by atoms with Crippen molar-refractivity contribution in [2.75, 3.05) is 20.1 Å². The molecule has 0 aliphatic carbocycles. The van der Waals surface area contributed by atoms with Gasteiger partial charge in [-0.05, 0) is 39.4 Å². The zero-order valence-corrected chi connectivity index (χ0v) is 9.85. The van der Waals surface area contributed by atoms with E-state index in [1.807, 2.05) is 0 Å². The summed E-state index contributed by atoms with van der Waals surface area (Å²) < 4.78 is 5.33. The highest BCUT2D eigenvalue weighted by atomic mass is 16.5. The van der Waals surface area contributed by atoms with E-state index in [0.717, 1.165) is 37.5 Å². The molecule has 0 unspecified atom stereocenters. The standard InChI is InChI=1S/C11H20N4O/c1-15-8-3-2-5-9(15)11-13-10(14-16-11)6-4-7-12/h9H,2-8,12H2,1H3/t9-/m0/s1. The first-order chi connectivity index (χ1) is 7.81. The molecule has 90 valence electrons. The Kier molecular flexibility index (Phi) is 3.90. The third-order valence-electron chi connectivity index (χ3n) is 3.14. The largest absolute Gasteiger partial charge is 0.338 e. The molecule has 0 amide bonds. The molecular weight excluding hydrogens is 204 g/mol. The molecule has 16 heavy (non-hydrogen) atoms. The zero-order chi connectivity index (χ0) is 11.4. The van der Waals surface area contributed by atoms with Crippen molar-refractivity contribution in [2.45, 2.75) is 38.1 Å². The van der Waals surface area contributed by atoms with Crippen LogP contribution in [0, 0.1) is 0 Å². The molecule has 0 radical (unpaired) electrons.